The first kappa shape index (κ1) is 29.5. The van der Waals surface area contributed by atoms with Gasteiger partial charge < -0.3 is 30.2 Å². The summed E-state index contributed by atoms with van der Waals surface area (Å²) in [4.78, 5) is 38.1. The molecule has 0 aliphatic carbocycles. The number of benzene rings is 4. The van der Waals surface area contributed by atoms with Crippen molar-refractivity contribution in [3.8, 4) is 28.4 Å². The first-order valence-electron chi connectivity index (χ1n) is 13.1. The Morgan fingerprint density at radius 3 is 1.88 bits per heavy atom. The van der Waals surface area contributed by atoms with Crippen molar-refractivity contribution in [3.05, 3.63) is 96.6 Å². The minimum absolute atomic E-state index is 0.143. The van der Waals surface area contributed by atoms with Gasteiger partial charge in [-0.1, -0.05) is 48.5 Å². The quantitative estimate of drug-likeness (QED) is 0.191. The summed E-state index contributed by atoms with van der Waals surface area (Å²) in [5.74, 6) is -0.00101. The topological polar surface area (TPSA) is 127 Å². The average molecular weight is 569 g/mol. The number of carbonyl (C=O) groups is 3. The molecule has 4 amide bonds. The Labute approximate surface area is 244 Å². The summed E-state index contributed by atoms with van der Waals surface area (Å²) in [6, 6.07) is 26.0. The second-order valence-corrected chi connectivity index (χ2v) is 9.20. The van der Waals surface area contributed by atoms with Crippen LogP contribution in [0.25, 0.3) is 11.1 Å². The summed E-state index contributed by atoms with van der Waals surface area (Å²) in [6.07, 6.45) is 0. The van der Waals surface area contributed by atoms with Crippen molar-refractivity contribution in [1.82, 2.24) is 5.32 Å². The Kier molecular flexibility index (Phi) is 9.62. The van der Waals surface area contributed by atoms with E-state index in [-0.39, 0.29) is 23.0 Å². The molecule has 0 fully saturated rings. The first-order chi connectivity index (χ1) is 20.3. The number of hydrogen-bond acceptors (Lipinski definition) is 7. The van der Waals surface area contributed by atoms with Gasteiger partial charge in [-0.3, -0.25) is 14.9 Å². The Morgan fingerprint density at radius 2 is 1.26 bits per heavy atom. The molecular formula is C32H32N4O6. The highest BCUT2D eigenvalue weighted by Crippen LogP contribution is 2.38. The van der Waals surface area contributed by atoms with Crippen LogP contribution in [-0.4, -0.2) is 45.2 Å². The number of carbonyl (C=O) groups excluding carboxylic acids is 3. The van der Waals surface area contributed by atoms with Crippen LogP contribution >= 0.6 is 0 Å². The fraction of sp³-hybridized carbons (Fsp3) is 0.156. The molecule has 4 aromatic rings. The van der Waals surface area contributed by atoms with E-state index in [1.807, 2.05) is 54.6 Å². The fourth-order valence-corrected chi connectivity index (χ4v) is 4.18. The first-order valence-corrected chi connectivity index (χ1v) is 13.1. The predicted molar refractivity (Wildman–Crippen MR) is 163 cm³/mol. The molecule has 1 atom stereocenters. The van der Waals surface area contributed by atoms with Crippen LogP contribution in [0.15, 0.2) is 91.0 Å². The molecule has 0 saturated carbocycles. The van der Waals surface area contributed by atoms with Crippen molar-refractivity contribution in [2.24, 2.45) is 0 Å². The van der Waals surface area contributed by atoms with E-state index in [4.69, 9.17) is 14.2 Å². The molecular weight excluding hydrogens is 536 g/mol. The molecule has 0 unspecified atom stereocenters. The van der Waals surface area contributed by atoms with Gasteiger partial charge in [0, 0.05) is 22.6 Å². The minimum atomic E-state index is -0.740. The molecule has 0 heterocycles. The highest BCUT2D eigenvalue weighted by atomic mass is 16.5. The van der Waals surface area contributed by atoms with E-state index in [0.717, 1.165) is 11.1 Å². The third-order valence-corrected chi connectivity index (χ3v) is 6.31. The minimum Gasteiger partial charge on any atom is -0.493 e. The van der Waals surface area contributed by atoms with E-state index in [2.05, 4.69) is 21.3 Å². The van der Waals surface area contributed by atoms with Gasteiger partial charge in [0.25, 0.3) is 5.91 Å². The lowest BCUT2D eigenvalue weighted by molar-refractivity contribution is -0.116. The largest absolute Gasteiger partial charge is 0.493 e. The lowest BCUT2D eigenvalue weighted by Crippen LogP contribution is -2.34. The van der Waals surface area contributed by atoms with Gasteiger partial charge in [0.15, 0.2) is 11.5 Å². The van der Waals surface area contributed by atoms with Gasteiger partial charge in [-0.2, -0.15) is 0 Å². The molecule has 0 aliphatic heterocycles. The van der Waals surface area contributed by atoms with E-state index >= 15 is 0 Å². The number of hydrogen-bond donors (Lipinski definition) is 4. The number of methoxy groups -OCH3 is 3. The smallest absolute Gasteiger partial charge is 0.326 e. The van der Waals surface area contributed by atoms with Crippen molar-refractivity contribution < 1.29 is 28.6 Å². The van der Waals surface area contributed by atoms with Crippen LogP contribution in [0, 0.1) is 0 Å². The van der Waals surface area contributed by atoms with Gasteiger partial charge >= 0.3 is 6.03 Å². The summed E-state index contributed by atoms with van der Waals surface area (Å²) in [6.45, 7) is 1.73. The molecule has 0 aliphatic rings. The van der Waals surface area contributed by atoms with Crippen LogP contribution in [0.2, 0.25) is 0 Å². The van der Waals surface area contributed by atoms with E-state index in [9.17, 15) is 14.4 Å². The molecule has 0 spiro atoms. The average Bonchev–Trinajstić information content (AvgIpc) is 3.01. The molecule has 4 N–H and O–H groups in total. The van der Waals surface area contributed by atoms with E-state index in [0.29, 0.717) is 22.8 Å². The van der Waals surface area contributed by atoms with E-state index in [1.165, 1.54) is 33.5 Å². The number of urea groups is 1. The van der Waals surface area contributed by atoms with Crippen LogP contribution in [-0.2, 0) is 4.79 Å². The molecule has 4 rings (SSSR count). The summed E-state index contributed by atoms with van der Waals surface area (Å²) >= 11 is 0. The zero-order chi connectivity index (χ0) is 30.1. The summed E-state index contributed by atoms with van der Waals surface area (Å²) in [5.41, 5.74) is 3.99. The van der Waals surface area contributed by atoms with Crippen LogP contribution in [0.4, 0.5) is 21.9 Å². The number of rotatable bonds is 10. The second-order valence-electron chi connectivity index (χ2n) is 9.20. The number of anilines is 3. The highest BCUT2D eigenvalue weighted by Gasteiger charge is 2.19. The van der Waals surface area contributed by atoms with Crippen molar-refractivity contribution in [3.63, 3.8) is 0 Å². The normalized spacial score (nSPS) is 11.0. The maximum Gasteiger partial charge on any atom is 0.326 e. The van der Waals surface area contributed by atoms with Gasteiger partial charge in [-0.05, 0) is 60.5 Å². The standard InChI is InChI=1S/C32H32N4O6/c1-20(30(37)34-24-15-13-22(14-16-24)21-9-6-5-7-10-21)33-25-11-8-12-26(19-25)35-32(39)36-31(38)23-17-27(40-2)29(42-4)28(18-23)41-3/h5-20,33H,1-4H3,(H,34,37)(H2,35,36,38,39)/t20-/m1/s1. The Morgan fingerprint density at radius 1 is 0.643 bits per heavy atom. The SMILES string of the molecule is COc1cc(C(=O)NC(=O)Nc2cccc(N[C@H](C)C(=O)Nc3ccc(-c4ccccc4)cc3)c2)cc(OC)c1OC. The van der Waals surface area contributed by atoms with Crippen molar-refractivity contribution in [2.75, 3.05) is 37.3 Å². The Bertz CT molecular complexity index is 1530. The Hall–Kier alpha value is -5.51. The molecule has 0 aromatic heterocycles. The lowest BCUT2D eigenvalue weighted by Gasteiger charge is -2.16. The molecule has 0 radical (unpaired) electrons. The summed E-state index contributed by atoms with van der Waals surface area (Å²) in [7, 11) is 4.31. The lowest BCUT2D eigenvalue weighted by atomic mass is 10.1. The van der Waals surface area contributed by atoms with Crippen LogP contribution in [0.5, 0.6) is 17.2 Å². The third kappa shape index (κ3) is 7.36. The van der Waals surface area contributed by atoms with Gasteiger partial charge in [0.1, 0.15) is 6.04 Å². The Balaban J connectivity index is 1.33. The maximum atomic E-state index is 12.8. The zero-order valence-electron chi connectivity index (χ0n) is 23.7. The van der Waals surface area contributed by atoms with Gasteiger partial charge in [-0.15, -0.1) is 0 Å². The molecule has 216 valence electrons. The number of ether oxygens (including phenoxy) is 3. The molecule has 10 nitrogen and oxygen atoms in total. The van der Waals surface area contributed by atoms with Crippen LogP contribution in [0.1, 0.15) is 17.3 Å². The summed E-state index contributed by atoms with van der Waals surface area (Å²) in [5, 5.41) is 10.9. The highest BCUT2D eigenvalue weighted by molar-refractivity contribution is 6.08. The predicted octanol–water partition coefficient (Wildman–Crippen LogP) is 5.78. The van der Waals surface area contributed by atoms with Crippen LogP contribution in [0.3, 0.4) is 0 Å². The van der Waals surface area contributed by atoms with E-state index in [1.54, 1.807) is 31.2 Å². The molecule has 0 saturated heterocycles. The van der Waals surface area contributed by atoms with Crippen molar-refractivity contribution in [1.29, 1.82) is 0 Å². The number of amides is 4. The molecule has 4 aromatic carbocycles. The van der Waals surface area contributed by atoms with Crippen LogP contribution < -0.4 is 35.5 Å². The molecule has 10 heteroatoms. The second kappa shape index (κ2) is 13.7. The van der Waals surface area contributed by atoms with Crippen molar-refractivity contribution in [2.45, 2.75) is 13.0 Å². The van der Waals surface area contributed by atoms with E-state index < -0.39 is 18.0 Å². The fourth-order valence-electron chi connectivity index (χ4n) is 4.18. The zero-order valence-corrected chi connectivity index (χ0v) is 23.7. The molecule has 0 bridgehead atoms. The maximum absolute atomic E-state index is 12.8. The monoisotopic (exact) mass is 568 g/mol. The molecule has 42 heavy (non-hydrogen) atoms. The van der Waals surface area contributed by atoms with Gasteiger partial charge in [0.05, 0.1) is 21.3 Å². The number of nitrogens with one attached hydrogen (secondary N) is 4. The third-order valence-electron chi connectivity index (χ3n) is 6.31. The van der Waals surface area contributed by atoms with Gasteiger partial charge in [-0.25, -0.2) is 4.79 Å². The van der Waals surface area contributed by atoms with Crippen molar-refractivity contribution >= 4 is 34.9 Å². The summed E-state index contributed by atoms with van der Waals surface area (Å²) < 4.78 is 15.8. The van der Waals surface area contributed by atoms with Gasteiger partial charge in [0.2, 0.25) is 11.7 Å². The number of imide groups is 1.